The molecular formula is C12H10BrNO2. The molecule has 0 amide bonds. The van der Waals surface area contributed by atoms with Gasteiger partial charge in [0.15, 0.2) is 0 Å². The van der Waals surface area contributed by atoms with Crippen molar-refractivity contribution in [3.05, 3.63) is 40.0 Å². The summed E-state index contributed by atoms with van der Waals surface area (Å²) < 4.78 is 0.900. The maximum atomic E-state index is 10.9. The first-order valence-corrected chi connectivity index (χ1v) is 5.73. The van der Waals surface area contributed by atoms with E-state index in [0.29, 0.717) is 5.52 Å². The summed E-state index contributed by atoms with van der Waals surface area (Å²) in [6.07, 6.45) is 0.793. The van der Waals surface area contributed by atoms with E-state index in [9.17, 15) is 4.79 Å². The van der Waals surface area contributed by atoms with Crippen molar-refractivity contribution in [1.82, 2.24) is 4.98 Å². The van der Waals surface area contributed by atoms with Gasteiger partial charge in [-0.05, 0) is 30.2 Å². The highest BCUT2D eigenvalue weighted by molar-refractivity contribution is 9.10. The number of benzene rings is 1. The molecule has 0 aliphatic rings. The lowest BCUT2D eigenvalue weighted by Gasteiger charge is -2.06. The third-order valence-corrected chi connectivity index (χ3v) is 2.95. The number of hydrogen-bond donors (Lipinski definition) is 1. The number of rotatable bonds is 2. The second-order valence-corrected chi connectivity index (χ2v) is 4.40. The number of pyridine rings is 1. The largest absolute Gasteiger partial charge is 0.477 e. The van der Waals surface area contributed by atoms with Crippen molar-refractivity contribution < 1.29 is 9.90 Å². The van der Waals surface area contributed by atoms with E-state index in [1.165, 1.54) is 0 Å². The van der Waals surface area contributed by atoms with Gasteiger partial charge in [0.1, 0.15) is 5.69 Å². The summed E-state index contributed by atoms with van der Waals surface area (Å²) in [4.78, 5) is 15.0. The molecule has 0 aliphatic heterocycles. The minimum absolute atomic E-state index is 0.0995. The average Bonchev–Trinajstić information content (AvgIpc) is 2.26. The third kappa shape index (κ3) is 1.93. The Balaban J connectivity index is 2.78. The summed E-state index contributed by atoms with van der Waals surface area (Å²) in [7, 11) is 0. The zero-order valence-electron chi connectivity index (χ0n) is 8.70. The highest BCUT2D eigenvalue weighted by atomic mass is 79.9. The van der Waals surface area contributed by atoms with Gasteiger partial charge in [-0.2, -0.15) is 0 Å². The Morgan fingerprint density at radius 3 is 2.81 bits per heavy atom. The second kappa shape index (κ2) is 4.22. The molecular weight excluding hydrogens is 270 g/mol. The van der Waals surface area contributed by atoms with Crippen LogP contribution in [-0.2, 0) is 6.42 Å². The van der Waals surface area contributed by atoms with Crippen molar-refractivity contribution in [1.29, 1.82) is 0 Å². The topological polar surface area (TPSA) is 50.2 Å². The quantitative estimate of drug-likeness (QED) is 0.918. The Labute approximate surface area is 101 Å². The van der Waals surface area contributed by atoms with E-state index in [-0.39, 0.29) is 5.69 Å². The van der Waals surface area contributed by atoms with Gasteiger partial charge in [-0.15, -0.1) is 0 Å². The molecule has 0 saturated heterocycles. The molecule has 0 aliphatic carbocycles. The summed E-state index contributed by atoms with van der Waals surface area (Å²) >= 11 is 3.35. The first kappa shape index (κ1) is 11.1. The van der Waals surface area contributed by atoms with Gasteiger partial charge in [0.2, 0.25) is 0 Å². The summed E-state index contributed by atoms with van der Waals surface area (Å²) in [5, 5.41) is 9.97. The Morgan fingerprint density at radius 1 is 1.44 bits per heavy atom. The monoisotopic (exact) mass is 279 g/mol. The van der Waals surface area contributed by atoms with Crippen LogP contribution in [0.3, 0.4) is 0 Å². The van der Waals surface area contributed by atoms with Gasteiger partial charge in [-0.1, -0.05) is 28.9 Å². The normalized spacial score (nSPS) is 10.6. The van der Waals surface area contributed by atoms with Gasteiger partial charge in [0.25, 0.3) is 0 Å². The Kier molecular flexibility index (Phi) is 2.92. The van der Waals surface area contributed by atoms with Gasteiger partial charge >= 0.3 is 5.97 Å². The zero-order chi connectivity index (χ0) is 11.7. The first-order chi connectivity index (χ1) is 7.61. The lowest BCUT2D eigenvalue weighted by Crippen LogP contribution is -2.02. The molecule has 0 atom stereocenters. The molecule has 0 saturated carbocycles. The molecule has 16 heavy (non-hydrogen) atoms. The van der Waals surface area contributed by atoms with E-state index in [0.717, 1.165) is 21.8 Å². The highest BCUT2D eigenvalue weighted by Crippen LogP contribution is 2.22. The lowest BCUT2D eigenvalue weighted by molar-refractivity contribution is 0.0691. The van der Waals surface area contributed by atoms with Crippen LogP contribution in [0.5, 0.6) is 0 Å². The molecule has 0 unspecified atom stereocenters. The van der Waals surface area contributed by atoms with Crippen LogP contribution in [0, 0.1) is 0 Å². The molecule has 4 heteroatoms. The molecule has 3 nitrogen and oxygen atoms in total. The van der Waals surface area contributed by atoms with Crippen molar-refractivity contribution in [2.45, 2.75) is 13.3 Å². The van der Waals surface area contributed by atoms with Crippen LogP contribution in [0.4, 0.5) is 0 Å². The van der Waals surface area contributed by atoms with Gasteiger partial charge in [-0.3, -0.25) is 0 Å². The minimum Gasteiger partial charge on any atom is -0.477 e. The second-order valence-electron chi connectivity index (χ2n) is 3.49. The van der Waals surface area contributed by atoms with E-state index >= 15 is 0 Å². The highest BCUT2D eigenvalue weighted by Gasteiger charge is 2.09. The van der Waals surface area contributed by atoms with Crippen molar-refractivity contribution >= 4 is 32.8 Å². The van der Waals surface area contributed by atoms with E-state index in [4.69, 9.17) is 5.11 Å². The summed E-state index contributed by atoms with van der Waals surface area (Å²) in [6, 6.07) is 7.36. The fraction of sp³-hybridized carbons (Fsp3) is 0.167. The molecule has 82 valence electrons. The predicted octanol–water partition coefficient (Wildman–Crippen LogP) is 3.26. The number of fused-ring (bicyclic) bond motifs is 1. The van der Waals surface area contributed by atoms with Gasteiger partial charge in [0.05, 0.1) is 5.52 Å². The van der Waals surface area contributed by atoms with E-state index < -0.39 is 5.97 Å². The molecule has 0 spiro atoms. The number of carboxylic acids is 1. The maximum absolute atomic E-state index is 10.9. The molecule has 0 bridgehead atoms. The van der Waals surface area contributed by atoms with E-state index in [1.54, 1.807) is 6.07 Å². The van der Waals surface area contributed by atoms with Crippen molar-refractivity contribution in [3.63, 3.8) is 0 Å². The number of carboxylic acid groups (broad SMARTS) is 1. The minimum atomic E-state index is -0.989. The van der Waals surface area contributed by atoms with Gasteiger partial charge in [-0.25, -0.2) is 9.78 Å². The maximum Gasteiger partial charge on any atom is 0.354 e. The molecule has 1 N–H and O–H groups in total. The number of aromatic carboxylic acids is 1. The number of nitrogens with zero attached hydrogens (tertiary/aromatic N) is 1. The molecule has 0 fully saturated rings. The molecule has 1 aromatic carbocycles. The zero-order valence-corrected chi connectivity index (χ0v) is 10.3. The van der Waals surface area contributed by atoms with E-state index in [1.807, 2.05) is 25.1 Å². The number of aromatic nitrogens is 1. The van der Waals surface area contributed by atoms with Crippen LogP contribution in [0.1, 0.15) is 23.0 Å². The van der Waals surface area contributed by atoms with Crippen LogP contribution in [-0.4, -0.2) is 16.1 Å². The van der Waals surface area contributed by atoms with Crippen LogP contribution >= 0.6 is 15.9 Å². The Bertz CT molecular complexity index is 566. The lowest BCUT2D eigenvalue weighted by atomic mass is 10.1. The summed E-state index contributed by atoms with van der Waals surface area (Å²) in [5.74, 6) is -0.989. The summed E-state index contributed by atoms with van der Waals surface area (Å²) in [6.45, 7) is 2.00. The molecule has 2 aromatic rings. The molecule has 1 aromatic heterocycles. The molecule has 2 rings (SSSR count). The van der Waals surface area contributed by atoms with Crippen molar-refractivity contribution in [3.8, 4) is 0 Å². The van der Waals surface area contributed by atoms with E-state index in [2.05, 4.69) is 20.9 Å². The molecule has 1 heterocycles. The standard InChI is InChI=1S/C12H10BrNO2/c1-2-7-5-11(12(15)16)14-10-6-8(13)3-4-9(7)10/h3-6H,2H2,1H3,(H,15,16). The third-order valence-electron chi connectivity index (χ3n) is 2.46. The number of halogens is 1. The summed E-state index contributed by atoms with van der Waals surface area (Å²) in [5.41, 5.74) is 1.82. The fourth-order valence-electron chi connectivity index (χ4n) is 1.68. The van der Waals surface area contributed by atoms with Crippen LogP contribution < -0.4 is 0 Å². The number of hydrogen-bond acceptors (Lipinski definition) is 2. The van der Waals surface area contributed by atoms with Crippen LogP contribution in [0.2, 0.25) is 0 Å². The van der Waals surface area contributed by atoms with Crippen LogP contribution in [0.15, 0.2) is 28.7 Å². The molecule has 0 radical (unpaired) electrons. The van der Waals surface area contributed by atoms with Crippen molar-refractivity contribution in [2.75, 3.05) is 0 Å². The number of aryl methyl sites for hydroxylation is 1. The smallest absolute Gasteiger partial charge is 0.354 e. The fourth-order valence-corrected chi connectivity index (χ4v) is 2.02. The van der Waals surface area contributed by atoms with Gasteiger partial charge < -0.3 is 5.11 Å². The van der Waals surface area contributed by atoms with Crippen LogP contribution in [0.25, 0.3) is 10.9 Å². The van der Waals surface area contributed by atoms with Gasteiger partial charge in [0, 0.05) is 9.86 Å². The first-order valence-electron chi connectivity index (χ1n) is 4.94. The average molecular weight is 280 g/mol. The predicted molar refractivity (Wildman–Crippen MR) is 65.8 cm³/mol. The Hall–Kier alpha value is -1.42. The van der Waals surface area contributed by atoms with Crippen molar-refractivity contribution in [2.24, 2.45) is 0 Å². The Morgan fingerprint density at radius 2 is 2.19 bits per heavy atom. The SMILES string of the molecule is CCc1cc(C(=O)O)nc2cc(Br)ccc12. The number of carbonyl (C=O) groups is 1.